The fourth-order valence-electron chi connectivity index (χ4n) is 4.23. The number of carbonyl (C=O) groups is 1. The van der Waals surface area contributed by atoms with Crippen LogP contribution in [0.25, 0.3) is 11.1 Å². The molecule has 0 bridgehead atoms. The number of hydrogen-bond acceptors (Lipinski definition) is 8. The van der Waals surface area contributed by atoms with Crippen LogP contribution in [0, 0.1) is 0 Å². The molecule has 0 fully saturated rings. The summed E-state index contributed by atoms with van der Waals surface area (Å²) < 4.78 is 11.2. The number of oxime groups is 1. The molecule has 0 saturated carbocycles. The Morgan fingerprint density at radius 3 is 2.82 bits per heavy atom. The van der Waals surface area contributed by atoms with E-state index in [4.69, 9.17) is 14.3 Å². The van der Waals surface area contributed by atoms with Crippen LogP contribution in [-0.4, -0.2) is 53.7 Å². The van der Waals surface area contributed by atoms with Crippen LogP contribution >= 0.6 is 0 Å². The maximum atomic E-state index is 12.1. The number of methoxy groups -OCH3 is 1. The van der Waals surface area contributed by atoms with Gasteiger partial charge in [-0.1, -0.05) is 31.1 Å². The van der Waals surface area contributed by atoms with E-state index in [1.165, 1.54) is 11.1 Å². The summed E-state index contributed by atoms with van der Waals surface area (Å²) in [6.07, 6.45) is 7.95. The molecule has 34 heavy (non-hydrogen) atoms. The second-order valence-corrected chi connectivity index (χ2v) is 7.72. The first-order valence-electron chi connectivity index (χ1n) is 11.4. The van der Waals surface area contributed by atoms with Gasteiger partial charge in [-0.05, 0) is 54.2 Å². The number of benzene rings is 1. The van der Waals surface area contributed by atoms with Gasteiger partial charge in [0, 0.05) is 17.8 Å². The van der Waals surface area contributed by atoms with Crippen LogP contribution in [0.5, 0.6) is 5.88 Å². The third-order valence-electron chi connectivity index (χ3n) is 5.85. The van der Waals surface area contributed by atoms with Crippen molar-refractivity contribution in [3.8, 4) is 17.0 Å². The van der Waals surface area contributed by atoms with Gasteiger partial charge in [-0.3, -0.25) is 0 Å². The van der Waals surface area contributed by atoms with Gasteiger partial charge in [-0.25, -0.2) is 14.8 Å². The maximum absolute atomic E-state index is 12.1. The van der Waals surface area contributed by atoms with Crippen LogP contribution in [0.1, 0.15) is 31.4 Å². The third-order valence-corrected chi connectivity index (χ3v) is 5.85. The Labute approximate surface area is 198 Å². The molecule has 2 aliphatic heterocycles. The summed E-state index contributed by atoms with van der Waals surface area (Å²) in [6, 6.07) is 8.08. The van der Waals surface area contributed by atoms with Gasteiger partial charge in [-0.2, -0.15) is 0 Å². The molecule has 1 unspecified atom stereocenters. The fraction of sp³-hybridized carbons (Fsp3) is 0.360. The largest absolute Gasteiger partial charge is 0.481 e. The highest BCUT2D eigenvalue weighted by atomic mass is 16.6. The highest BCUT2D eigenvalue weighted by molar-refractivity contribution is 6.18. The number of hydrogen-bond donors (Lipinski definition) is 2. The number of rotatable bonds is 5. The molecule has 1 aromatic carbocycles. The second-order valence-electron chi connectivity index (χ2n) is 7.72. The van der Waals surface area contributed by atoms with E-state index < -0.39 is 11.6 Å². The van der Waals surface area contributed by atoms with Crippen LogP contribution in [0.2, 0.25) is 0 Å². The third kappa shape index (κ3) is 4.21. The summed E-state index contributed by atoms with van der Waals surface area (Å²) in [5.74, 6) is -0.667. The van der Waals surface area contributed by atoms with E-state index >= 15 is 0 Å². The summed E-state index contributed by atoms with van der Waals surface area (Å²) >= 11 is 0. The van der Waals surface area contributed by atoms with Gasteiger partial charge in [0.25, 0.3) is 11.6 Å². The lowest BCUT2D eigenvalue weighted by Crippen LogP contribution is -2.50. The lowest BCUT2D eigenvalue weighted by molar-refractivity contribution is -0.148. The Hall–Kier alpha value is -3.88. The average Bonchev–Trinajstić information content (AvgIpc) is 3.54. The Morgan fingerprint density at radius 1 is 1.24 bits per heavy atom. The highest BCUT2D eigenvalue weighted by Gasteiger charge is 2.51. The molecular weight excluding hydrogens is 436 g/mol. The maximum Gasteiger partial charge on any atom is 0.356 e. The van der Waals surface area contributed by atoms with Crippen LogP contribution in [-0.2, 0) is 27.2 Å². The minimum Gasteiger partial charge on any atom is -0.481 e. The van der Waals surface area contributed by atoms with Crippen LogP contribution in [0.3, 0.4) is 0 Å². The molecule has 0 amide bonds. The molecule has 178 valence electrons. The lowest BCUT2D eigenvalue weighted by atomic mass is 9.97. The monoisotopic (exact) mass is 464 g/mol. The Bertz CT molecular complexity index is 1170. The molecule has 2 aromatic rings. The Kier molecular flexibility index (Phi) is 6.81. The minimum absolute atomic E-state index is 0.107. The average molecular weight is 465 g/mol. The van der Waals surface area contributed by atoms with Crippen molar-refractivity contribution in [3.05, 3.63) is 53.7 Å². The van der Waals surface area contributed by atoms with Gasteiger partial charge < -0.3 is 24.7 Å². The zero-order valence-electron chi connectivity index (χ0n) is 19.5. The summed E-state index contributed by atoms with van der Waals surface area (Å²) in [6.45, 7) is 4.19. The first-order valence-corrected chi connectivity index (χ1v) is 11.4. The second kappa shape index (κ2) is 9.94. The molecule has 9 heteroatoms. The van der Waals surface area contributed by atoms with Gasteiger partial charge in [0.15, 0.2) is 0 Å². The SMILES string of the molecule is CC.COc1cc(-c2ccc3c(c2NC2=NCC(C(=O)O)(C4=NOCC=C4)O2)CCC3)ccn1. The fourth-order valence-corrected chi connectivity index (χ4v) is 4.23. The van der Waals surface area contributed by atoms with Crippen molar-refractivity contribution in [1.82, 2.24) is 4.98 Å². The predicted octanol–water partition coefficient (Wildman–Crippen LogP) is 3.84. The molecular formula is C25H28N4O5. The zero-order valence-corrected chi connectivity index (χ0v) is 19.5. The molecule has 9 nitrogen and oxygen atoms in total. The number of aromatic nitrogens is 1. The van der Waals surface area contributed by atoms with Crippen LogP contribution in [0.4, 0.5) is 5.69 Å². The van der Waals surface area contributed by atoms with Crippen molar-refractivity contribution < 1.29 is 24.2 Å². The number of carboxylic acids is 1. The molecule has 2 N–H and O–H groups in total. The van der Waals surface area contributed by atoms with E-state index in [0.717, 1.165) is 36.1 Å². The highest BCUT2D eigenvalue weighted by Crippen LogP contribution is 2.39. The molecule has 0 spiro atoms. The molecule has 3 heterocycles. The molecule has 3 aliphatic rings. The van der Waals surface area contributed by atoms with Gasteiger partial charge in [0.1, 0.15) is 18.9 Å². The Balaban J connectivity index is 0.00000133. The zero-order chi connectivity index (χ0) is 24.1. The van der Waals surface area contributed by atoms with Crippen molar-refractivity contribution in [3.63, 3.8) is 0 Å². The number of aryl methyl sites for hydroxylation is 1. The van der Waals surface area contributed by atoms with Crippen molar-refractivity contribution in [1.29, 1.82) is 0 Å². The van der Waals surface area contributed by atoms with Gasteiger partial charge in [0.05, 0.1) is 12.8 Å². The number of aliphatic imine (C=N–C) groups is 1. The number of anilines is 1. The number of aliphatic carboxylic acids is 1. The van der Waals surface area contributed by atoms with Gasteiger partial charge in [-0.15, -0.1) is 0 Å². The first kappa shape index (κ1) is 23.3. The summed E-state index contributed by atoms with van der Waals surface area (Å²) in [7, 11) is 1.58. The molecule has 1 aliphatic carbocycles. The van der Waals surface area contributed by atoms with Crippen LogP contribution < -0.4 is 10.1 Å². The van der Waals surface area contributed by atoms with E-state index in [1.807, 2.05) is 32.0 Å². The molecule has 0 radical (unpaired) electrons. The number of ether oxygens (including phenoxy) is 2. The molecule has 0 saturated heterocycles. The predicted molar refractivity (Wildman–Crippen MR) is 130 cm³/mol. The number of amidine groups is 1. The normalized spacial score (nSPS) is 20.1. The van der Waals surface area contributed by atoms with Gasteiger partial charge >= 0.3 is 5.97 Å². The van der Waals surface area contributed by atoms with E-state index in [0.29, 0.717) is 12.5 Å². The van der Waals surface area contributed by atoms with E-state index in [-0.39, 0.29) is 18.3 Å². The molecule has 5 rings (SSSR count). The number of nitrogens with zero attached hydrogens (tertiary/aromatic N) is 3. The summed E-state index contributed by atoms with van der Waals surface area (Å²) in [4.78, 5) is 25.8. The lowest BCUT2D eigenvalue weighted by Gasteiger charge is -2.25. The smallest absolute Gasteiger partial charge is 0.356 e. The summed E-state index contributed by atoms with van der Waals surface area (Å²) in [5.41, 5.74) is 3.59. The van der Waals surface area contributed by atoms with E-state index in [1.54, 1.807) is 25.5 Å². The summed E-state index contributed by atoms with van der Waals surface area (Å²) in [5, 5.41) is 17.1. The topological polar surface area (TPSA) is 115 Å². The molecule has 1 aromatic heterocycles. The van der Waals surface area contributed by atoms with Crippen molar-refractivity contribution >= 4 is 23.4 Å². The number of fused-ring (bicyclic) bond motifs is 1. The van der Waals surface area contributed by atoms with Crippen molar-refractivity contribution in [2.75, 3.05) is 25.6 Å². The standard InChI is InChI=1S/C23H22N4O5.C2H6/c1-30-19-12-15(9-10-24-19)17-8-7-14-4-2-5-16(14)20(17)26-22-25-13-23(32-22,21(28)29)18-6-3-11-31-27-18;1-2/h3,6-10,12H,2,4-5,11,13H2,1H3,(H,25,26)(H,28,29);1-2H3. The van der Waals surface area contributed by atoms with Gasteiger partial charge in [0.2, 0.25) is 5.88 Å². The van der Waals surface area contributed by atoms with E-state index in [2.05, 4.69) is 26.5 Å². The number of pyridine rings is 1. The van der Waals surface area contributed by atoms with E-state index in [9.17, 15) is 9.90 Å². The number of nitrogens with one attached hydrogen (secondary N) is 1. The Morgan fingerprint density at radius 2 is 2.09 bits per heavy atom. The van der Waals surface area contributed by atoms with Crippen molar-refractivity contribution in [2.45, 2.75) is 38.7 Å². The number of carboxylic acid groups (broad SMARTS) is 1. The molecule has 1 atom stereocenters. The first-order chi connectivity index (χ1) is 16.6. The minimum atomic E-state index is -1.72. The quantitative estimate of drug-likeness (QED) is 0.691. The van der Waals surface area contributed by atoms with Crippen molar-refractivity contribution in [2.24, 2.45) is 10.1 Å². The van der Waals surface area contributed by atoms with Crippen LogP contribution in [0.15, 0.2) is 52.8 Å².